The average Bonchev–Trinajstić information content (AvgIpc) is 3.09. The lowest BCUT2D eigenvalue weighted by atomic mass is 10.1. The lowest BCUT2D eigenvalue weighted by Gasteiger charge is -2.07. The van der Waals surface area contributed by atoms with Crippen LogP contribution in [-0.4, -0.2) is 31.8 Å². The van der Waals surface area contributed by atoms with E-state index in [2.05, 4.69) is 5.32 Å². The minimum absolute atomic E-state index is 0.0228. The maximum atomic E-state index is 12.0. The molecule has 0 fully saturated rings. The molecule has 0 aliphatic heterocycles. The van der Waals surface area contributed by atoms with Crippen molar-refractivity contribution in [2.45, 2.75) is 11.3 Å². The van der Waals surface area contributed by atoms with E-state index in [0.717, 1.165) is 10.3 Å². The number of hydrogen-bond donors (Lipinski definition) is 1. The van der Waals surface area contributed by atoms with E-state index in [1.165, 1.54) is 6.26 Å². The Morgan fingerprint density at radius 2 is 1.93 bits per heavy atom. The Kier molecular flexibility index (Phi) is 6.03. The molecular weight excluding hydrogens is 366 g/mol. The number of nitrogens with one attached hydrogen (secondary N) is 1. The summed E-state index contributed by atoms with van der Waals surface area (Å²) in [6.45, 7) is -0.341. The number of rotatable bonds is 7. The summed E-state index contributed by atoms with van der Waals surface area (Å²) in [6.07, 6.45) is 3.51. The fourth-order valence-corrected chi connectivity index (χ4v) is 2.96. The molecule has 1 heterocycles. The van der Waals surface area contributed by atoms with Gasteiger partial charge in [-0.1, -0.05) is 0 Å². The summed E-state index contributed by atoms with van der Waals surface area (Å²) >= 11 is 1.62. The molecule has 0 saturated heterocycles. The van der Waals surface area contributed by atoms with E-state index in [1.807, 2.05) is 24.5 Å². The molecule has 0 spiro atoms. The minimum atomic E-state index is -0.499. The van der Waals surface area contributed by atoms with Crippen LogP contribution in [0.1, 0.15) is 5.56 Å². The fourth-order valence-electron chi connectivity index (χ4n) is 2.55. The third-order valence-electron chi connectivity index (χ3n) is 3.94. The normalized spacial score (nSPS) is 10.6. The number of anilines is 1. The van der Waals surface area contributed by atoms with Gasteiger partial charge in [-0.2, -0.15) is 0 Å². The number of thioether (sulfide) groups is 1. The zero-order valence-corrected chi connectivity index (χ0v) is 15.8. The molecule has 0 aliphatic rings. The van der Waals surface area contributed by atoms with Gasteiger partial charge in [0, 0.05) is 27.6 Å². The summed E-state index contributed by atoms with van der Waals surface area (Å²) in [5.41, 5.74) is 1.98. The van der Waals surface area contributed by atoms with Crippen molar-refractivity contribution in [3.63, 3.8) is 0 Å². The van der Waals surface area contributed by atoms with Crippen LogP contribution >= 0.6 is 11.8 Å². The van der Waals surface area contributed by atoms with E-state index in [4.69, 9.17) is 13.9 Å². The highest BCUT2D eigenvalue weighted by molar-refractivity contribution is 7.98. The number of ether oxygens (including phenoxy) is 2. The van der Waals surface area contributed by atoms with Gasteiger partial charge in [0.1, 0.15) is 11.3 Å². The number of methoxy groups -OCH3 is 1. The van der Waals surface area contributed by atoms with Crippen molar-refractivity contribution in [2.24, 2.45) is 0 Å². The van der Waals surface area contributed by atoms with Gasteiger partial charge < -0.3 is 19.2 Å². The molecule has 2 aromatic carbocycles. The average molecular weight is 385 g/mol. The molecule has 0 radical (unpaired) electrons. The van der Waals surface area contributed by atoms with Crippen LogP contribution in [0.5, 0.6) is 5.75 Å². The number of furan rings is 1. The lowest BCUT2D eigenvalue weighted by molar-refractivity contribution is -0.146. The predicted molar refractivity (Wildman–Crippen MR) is 104 cm³/mol. The first-order valence-electron chi connectivity index (χ1n) is 8.22. The van der Waals surface area contributed by atoms with Gasteiger partial charge in [0.2, 0.25) is 0 Å². The van der Waals surface area contributed by atoms with E-state index in [1.54, 1.807) is 43.1 Å². The third kappa shape index (κ3) is 4.83. The molecule has 3 aromatic rings. The molecule has 140 valence electrons. The first-order valence-corrected chi connectivity index (χ1v) is 9.45. The van der Waals surface area contributed by atoms with E-state index in [0.29, 0.717) is 22.6 Å². The molecule has 0 bridgehead atoms. The van der Waals surface area contributed by atoms with E-state index in [9.17, 15) is 9.59 Å². The Balaban J connectivity index is 1.52. The van der Waals surface area contributed by atoms with E-state index >= 15 is 0 Å². The molecule has 7 heteroatoms. The Morgan fingerprint density at radius 1 is 1.15 bits per heavy atom. The molecule has 1 N–H and O–H groups in total. The van der Waals surface area contributed by atoms with Crippen molar-refractivity contribution in [1.82, 2.24) is 0 Å². The Labute approximate surface area is 160 Å². The molecule has 3 rings (SSSR count). The molecule has 6 nitrogen and oxygen atoms in total. The number of carbonyl (C=O) groups is 2. The Hall–Kier alpha value is -2.93. The molecule has 1 amide bonds. The van der Waals surface area contributed by atoms with Gasteiger partial charge >= 0.3 is 5.97 Å². The van der Waals surface area contributed by atoms with Crippen LogP contribution in [0, 0.1) is 0 Å². The first kappa shape index (κ1) is 18.8. The summed E-state index contributed by atoms with van der Waals surface area (Å²) < 4.78 is 15.7. The quantitative estimate of drug-likeness (QED) is 0.491. The Bertz CT molecular complexity index is 949. The molecule has 27 heavy (non-hydrogen) atoms. The van der Waals surface area contributed by atoms with Crippen LogP contribution in [0.2, 0.25) is 0 Å². The number of esters is 1. The molecule has 0 unspecified atom stereocenters. The van der Waals surface area contributed by atoms with Gasteiger partial charge in [-0.25, -0.2) is 0 Å². The van der Waals surface area contributed by atoms with Gasteiger partial charge in [0.15, 0.2) is 6.61 Å². The van der Waals surface area contributed by atoms with Crippen LogP contribution in [0.25, 0.3) is 11.0 Å². The minimum Gasteiger partial charge on any atom is -0.497 e. The zero-order valence-electron chi connectivity index (χ0n) is 15.0. The summed E-state index contributed by atoms with van der Waals surface area (Å²) in [6, 6.07) is 12.8. The van der Waals surface area contributed by atoms with Crippen LogP contribution in [0.15, 0.2) is 58.0 Å². The number of hydrogen-bond acceptors (Lipinski definition) is 6. The molecular formula is C20H19NO5S. The summed E-state index contributed by atoms with van der Waals surface area (Å²) in [7, 11) is 1.57. The largest absolute Gasteiger partial charge is 0.497 e. The van der Waals surface area contributed by atoms with Crippen molar-refractivity contribution in [1.29, 1.82) is 0 Å². The van der Waals surface area contributed by atoms with Gasteiger partial charge in [-0.05, 0) is 42.7 Å². The van der Waals surface area contributed by atoms with Crippen molar-refractivity contribution >= 4 is 40.3 Å². The molecule has 0 aliphatic carbocycles. The van der Waals surface area contributed by atoms with Crippen molar-refractivity contribution in [3.05, 3.63) is 54.3 Å². The smallest absolute Gasteiger partial charge is 0.310 e. The van der Waals surface area contributed by atoms with Crippen LogP contribution in [-0.2, 0) is 20.7 Å². The van der Waals surface area contributed by atoms with Gasteiger partial charge in [-0.15, -0.1) is 11.8 Å². The number of benzene rings is 2. The van der Waals surface area contributed by atoms with Crippen LogP contribution < -0.4 is 10.1 Å². The third-order valence-corrected chi connectivity index (χ3v) is 4.68. The van der Waals surface area contributed by atoms with Crippen molar-refractivity contribution < 1.29 is 23.5 Å². The topological polar surface area (TPSA) is 77.8 Å². The number of carbonyl (C=O) groups excluding carboxylic acids is 2. The molecule has 1 aromatic heterocycles. The second-order valence-electron chi connectivity index (χ2n) is 5.74. The van der Waals surface area contributed by atoms with Crippen LogP contribution in [0.3, 0.4) is 0 Å². The fraction of sp³-hybridized carbons (Fsp3) is 0.200. The zero-order chi connectivity index (χ0) is 19.2. The highest BCUT2D eigenvalue weighted by Gasteiger charge is 2.13. The van der Waals surface area contributed by atoms with Crippen LogP contribution in [0.4, 0.5) is 5.69 Å². The Morgan fingerprint density at radius 3 is 2.63 bits per heavy atom. The molecule has 0 atom stereocenters. The lowest BCUT2D eigenvalue weighted by Crippen LogP contribution is -2.21. The summed E-state index contributed by atoms with van der Waals surface area (Å²) in [5.74, 6) is -0.211. The van der Waals surface area contributed by atoms with Crippen molar-refractivity contribution in [3.8, 4) is 5.75 Å². The second-order valence-corrected chi connectivity index (χ2v) is 6.62. The van der Waals surface area contributed by atoms with Crippen molar-refractivity contribution in [2.75, 3.05) is 25.3 Å². The second kappa shape index (κ2) is 8.64. The molecule has 0 saturated carbocycles. The SMILES string of the molecule is COc1ccc2c(CC(=O)OCC(=O)Nc3ccc(SC)cc3)coc2c1. The van der Waals surface area contributed by atoms with E-state index in [-0.39, 0.29) is 18.9 Å². The van der Waals surface area contributed by atoms with Gasteiger partial charge in [0.25, 0.3) is 5.91 Å². The first-order chi connectivity index (χ1) is 13.1. The summed E-state index contributed by atoms with van der Waals surface area (Å²) in [4.78, 5) is 25.1. The predicted octanol–water partition coefficient (Wildman–Crippen LogP) is 3.89. The van der Waals surface area contributed by atoms with Gasteiger partial charge in [0.05, 0.1) is 19.8 Å². The summed E-state index contributed by atoms with van der Waals surface area (Å²) in [5, 5.41) is 3.50. The monoisotopic (exact) mass is 385 g/mol. The number of amides is 1. The maximum Gasteiger partial charge on any atom is 0.310 e. The highest BCUT2D eigenvalue weighted by Crippen LogP contribution is 2.26. The van der Waals surface area contributed by atoms with E-state index < -0.39 is 5.97 Å². The van der Waals surface area contributed by atoms with Gasteiger partial charge in [-0.3, -0.25) is 9.59 Å². The maximum absolute atomic E-state index is 12.0. The number of fused-ring (bicyclic) bond motifs is 1. The standard InChI is InChI=1S/C20H19NO5S/c1-24-15-5-8-17-13(11-25-18(17)10-15)9-20(23)26-12-19(22)21-14-3-6-16(27-2)7-4-14/h3-8,10-11H,9,12H2,1-2H3,(H,21,22). The highest BCUT2D eigenvalue weighted by atomic mass is 32.2.